The van der Waals surface area contributed by atoms with Gasteiger partial charge in [0, 0.05) is 33.3 Å². The summed E-state index contributed by atoms with van der Waals surface area (Å²) in [6.07, 6.45) is 4.71. The number of nitrogens with zero attached hydrogens (tertiary/aromatic N) is 2. The minimum atomic E-state index is 0. The Bertz CT molecular complexity index is 536. The molecule has 0 bridgehead atoms. The van der Waals surface area contributed by atoms with E-state index in [1.165, 1.54) is 18.4 Å². The Hall–Kier alpha value is -1.02. The molecule has 1 aliphatic rings. The lowest BCUT2D eigenvalue weighted by Crippen LogP contribution is -2.40. The average Bonchev–Trinajstić information content (AvgIpc) is 3.45. The molecular formula is C20H34IN3O2. The quantitative estimate of drug-likeness (QED) is 0.230. The molecule has 148 valence electrons. The summed E-state index contributed by atoms with van der Waals surface area (Å²) in [6, 6.07) is 8.25. The maximum Gasteiger partial charge on any atom is 0.193 e. The van der Waals surface area contributed by atoms with Gasteiger partial charge in [-0.2, -0.15) is 0 Å². The zero-order valence-electron chi connectivity index (χ0n) is 16.4. The van der Waals surface area contributed by atoms with Crippen molar-refractivity contribution in [2.75, 3.05) is 47.0 Å². The van der Waals surface area contributed by atoms with Gasteiger partial charge in [0.05, 0.1) is 13.7 Å². The van der Waals surface area contributed by atoms with E-state index in [1.807, 2.05) is 12.1 Å². The summed E-state index contributed by atoms with van der Waals surface area (Å²) < 4.78 is 11.0. The van der Waals surface area contributed by atoms with Crippen LogP contribution in [0.1, 0.15) is 31.7 Å². The molecule has 1 aliphatic carbocycles. The number of ether oxygens (including phenoxy) is 2. The van der Waals surface area contributed by atoms with Gasteiger partial charge in [0.15, 0.2) is 5.96 Å². The van der Waals surface area contributed by atoms with E-state index >= 15 is 0 Å². The SMILES string of the molecule is CCNC(=NCCCc1cccc(OC)c1)N(C)CCOCC1CC1.I. The van der Waals surface area contributed by atoms with Gasteiger partial charge in [-0.05, 0) is 56.2 Å². The van der Waals surface area contributed by atoms with Gasteiger partial charge in [0.2, 0.25) is 0 Å². The number of benzene rings is 1. The highest BCUT2D eigenvalue weighted by molar-refractivity contribution is 14.0. The summed E-state index contributed by atoms with van der Waals surface area (Å²) in [5, 5.41) is 3.36. The molecule has 1 saturated carbocycles. The fourth-order valence-electron chi connectivity index (χ4n) is 2.61. The van der Waals surface area contributed by atoms with Crippen molar-refractivity contribution in [2.24, 2.45) is 10.9 Å². The second kappa shape index (κ2) is 13.2. The highest BCUT2D eigenvalue weighted by Crippen LogP contribution is 2.28. The van der Waals surface area contributed by atoms with Crippen LogP contribution in [0.25, 0.3) is 0 Å². The van der Waals surface area contributed by atoms with Crippen molar-refractivity contribution in [2.45, 2.75) is 32.6 Å². The van der Waals surface area contributed by atoms with Crippen molar-refractivity contribution in [3.8, 4) is 5.75 Å². The first kappa shape index (κ1) is 23.0. The van der Waals surface area contributed by atoms with E-state index in [9.17, 15) is 0 Å². The first-order valence-electron chi connectivity index (χ1n) is 9.43. The predicted molar refractivity (Wildman–Crippen MR) is 119 cm³/mol. The van der Waals surface area contributed by atoms with Crippen molar-refractivity contribution in [1.82, 2.24) is 10.2 Å². The standard InChI is InChI=1S/C20H33N3O2.HI/c1-4-21-20(23(2)13-14-25-16-18-10-11-18)22-12-6-8-17-7-5-9-19(15-17)24-3;/h5,7,9,15,18H,4,6,8,10-14,16H2,1-3H3,(H,21,22);1H. The van der Waals surface area contributed by atoms with Gasteiger partial charge in [0.1, 0.15) is 5.75 Å². The number of nitrogens with one attached hydrogen (secondary N) is 1. The molecule has 0 atom stereocenters. The molecule has 0 spiro atoms. The summed E-state index contributed by atoms with van der Waals surface area (Å²) in [4.78, 5) is 6.90. The highest BCUT2D eigenvalue weighted by Gasteiger charge is 2.21. The molecule has 26 heavy (non-hydrogen) atoms. The largest absolute Gasteiger partial charge is 0.497 e. The topological polar surface area (TPSA) is 46.1 Å². The molecule has 1 N–H and O–H groups in total. The minimum absolute atomic E-state index is 0. The number of hydrogen-bond acceptors (Lipinski definition) is 3. The van der Waals surface area contributed by atoms with Gasteiger partial charge >= 0.3 is 0 Å². The van der Waals surface area contributed by atoms with E-state index < -0.39 is 0 Å². The molecule has 0 aromatic heterocycles. The predicted octanol–water partition coefficient (Wildman–Crippen LogP) is 3.57. The number of hydrogen-bond donors (Lipinski definition) is 1. The summed E-state index contributed by atoms with van der Waals surface area (Å²) >= 11 is 0. The Kier molecular flexibility index (Phi) is 11.7. The second-order valence-electron chi connectivity index (χ2n) is 6.63. The van der Waals surface area contributed by atoms with Crippen LogP contribution in [0.15, 0.2) is 29.3 Å². The molecule has 0 heterocycles. The Morgan fingerprint density at radius 2 is 2.15 bits per heavy atom. The molecule has 0 amide bonds. The monoisotopic (exact) mass is 475 g/mol. The van der Waals surface area contributed by atoms with Gasteiger partial charge < -0.3 is 19.7 Å². The highest BCUT2D eigenvalue weighted by atomic mass is 127. The van der Waals surface area contributed by atoms with E-state index in [2.05, 4.69) is 36.3 Å². The van der Waals surface area contributed by atoms with E-state index in [1.54, 1.807) is 7.11 Å². The Balaban J connectivity index is 0.00000338. The number of aryl methyl sites for hydroxylation is 1. The van der Waals surface area contributed by atoms with Crippen molar-refractivity contribution in [3.05, 3.63) is 29.8 Å². The fraction of sp³-hybridized carbons (Fsp3) is 0.650. The third-order valence-corrected chi connectivity index (χ3v) is 4.34. The minimum Gasteiger partial charge on any atom is -0.497 e. The van der Waals surface area contributed by atoms with Crippen LogP contribution in [0.3, 0.4) is 0 Å². The number of aliphatic imine (C=N–C) groups is 1. The Morgan fingerprint density at radius 1 is 1.35 bits per heavy atom. The van der Waals surface area contributed by atoms with Crippen molar-refractivity contribution in [3.63, 3.8) is 0 Å². The molecule has 0 aliphatic heterocycles. The Labute approximate surface area is 175 Å². The normalized spacial score (nSPS) is 13.9. The number of likely N-dealkylation sites (N-methyl/N-ethyl adjacent to an activating group) is 1. The number of rotatable bonds is 11. The van der Waals surface area contributed by atoms with Crippen LogP contribution in [-0.2, 0) is 11.2 Å². The average molecular weight is 475 g/mol. The molecule has 1 aromatic carbocycles. The van der Waals surface area contributed by atoms with E-state index in [-0.39, 0.29) is 24.0 Å². The fourth-order valence-corrected chi connectivity index (χ4v) is 2.61. The van der Waals surface area contributed by atoms with E-state index in [0.717, 1.165) is 63.3 Å². The van der Waals surface area contributed by atoms with Crippen molar-refractivity contribution < 1.29 is 9.47 Å². The first-order chi connectivity index (χ1) is 12.2. The van der Waals surface area contributed by atoms with Crippen LogP contribution in [0.2, 0.25) is 0 Å². The number of guanidine groups is 1. The van der Waals surface area contributed by atoms with Crippen LogP contribution in [0, 0.1) is 5.92 Å². The number of methoxy groups -OCH3 is 1. The van der Waals surface area contributed by atoms with E-state index in [4.69, 9.17) is 14.5 Å². The molecule has 0 saturated heterocycles. The zero-order chi connectivity index (χ0) is 17.9. The lowest BCUT2D eigenvalue weighted by Gasteiger charge is -2.22. The molecule has 6 heteroatoms. The van der Waals surface area contributed by atoms with Gasteiger partial charge in [0.25, 0.3) is 0 Å². The van der Waals surface area contributed by atoms with Crippen molar-refractivity contribution >= 4 is 29.9 Å². The molecular weight excluding hydrogens is 441 g/mol. The van der Waals surface area contributed by atoms with Crippen LogP contribution < -0.4 is 10.1 Å². The second-order valence-corrected chi connectivity index (χ2v) is 6.63. The van der Waals surface area contributed by atoms with Crippen LogP contribution in [0.4, 0.5) is 0 Å². The lowest BCUT2D eigenvalue weighted by atomic mass is 10.1. The third-order valence-electron chi connectivity index (χ3n) is 4.34. The molecule has 1 aromatic rings. The molecule has 1 fully saturated rings. The van der Waals surface area contributed by atoms with Crippen LogP contribution >= 0.6 is 24.0 Å². The summed E-state index contributed by atoms with van der Waals surface area (Å²) in [7, 11) is 3.78. The summed E-state index contributed by atoms with van der Waals surface area (Å²) in [5.41, 5.74) is 1.29. The molecule has 0 radical (unpaired) electrons. The molecule has 0 unspecified atom stereocenters. The smallest absolute Gasteiger partial charge is 0.193 e. The maximum absolute atomic E-state index is 5.73. The lowest BCUT2D eigenvalue weighted by molar-refractivity contribution is 0.115. The summed E-state index contributed by atoms with van der Waals surface area (Å²) in [5.74, 6) is 2.70. The number of halogens is 1. The molecule has 2 rings (SSSR count). The van der Waals surface area contributed by atoms with Crippen LogP contribution in [0.5, 0.6) is 5.75 Å². The molecule has 5 nitrogen and oxygen atoms in total. The van der Waals surface area contributed by atoms with Gasteiger partial charge in [-0.3, -0.25) is 4.99 Å². The van der Waals surface area contributed by atoms with Gasteiger partial charge in [-0.1, -0.05) is 12.1 Å². The van der Waals surface area contributed by atoms with Gasteiger partial charge in [-0.15, -0.1) is 24.0 Å². The van der Waals surface area contributed by atoms with Crippen LogP contribution in [-0.4, -0.2) is 57.9 Å². The maximum atomic E-state index is 5.73. The third kappa shape index (κ3) is 9.07. The van der Waals surface area contributed by atoms with E-state index in [0.29, 0.717) is 0 Å². The zero-order valence-corrected chi connectivity index (χ0v) is 18.7. The van der Waals surface area contributed by atoms with Gasteiger partial charge in [-0.25, -0.2) is 0 Å². The first-order valence-corrected chi connectivity index (χ1v) is 9.43. The van der Waals surface area contributed by atoms with Crippen molar-refractivity contribution in [1.29, 1.82) is 0 Å². The Morgan fingerprint density at radius 3 is 2.85 bits per heavy atom. The summed E-state index contributed by atoms with van der Waals surface area (Å²) in [6.45, 7) is 6.34.